The molecule has 6 rings (SSSR count). The Kier molecular flexibility index (Phi) is 4.23. The molecule has 188 valence electrons. The predicted molar refractivity (Wildman–Crippen MR) is 125 cm³/mol. The van der Waals surface area contributed by atoms with Crippen molar-refractivity contribution < 1.29 is 34.1 Å². The minimum absolute atomic E-state index is 0.0935. The molecule has 0 aromatic rings. The van der Waals surface area contributed by atoms with E-state index in [4.69, 9.17) is 9.47 Å². The lowest BCUT2D eigenvalue weighted by Crippen LogP contribution is -2.76. The summed E-state index contributed by atoms with van der Waals surface area (Å²) in [7, 11) is 0. The highest BCUT2D eigenvalue weighted by Crippen LogP contribution is 2.73. The maximum Gasteiger partial charge on any atom is 0.201 e. The molecule has 8 unspecified atom stereocenters. The van der Waals surface area contributed by atoms with Crippen LogP contribution in [0.2, 0.25) is 0 Å². The first-order chi connectivity index (χ1) is 16.1. The normalized spacial score (nSPS) is 51.9. The van der Waals surface area contributed by atoms with Crippen LogP contribution in [-0.2, 0) is 23.9 Å². The second-order valence-corrected chi connectivity index (χ2v) is 12.6. The van der Waals surface area contributed by atoms with Gasteiger partial charge in [0.1, 0.15) is 11.7 Å². The van der Waals surface area contributed by atoms with Crippen LogP contribution in [0.5, 0.6) is 0 Å². The molecule has 1 saturated carbocycles. The molecule has 3 fully saturated rings. The van der Waals surface area contributed by atoms with Crippen LogP contribution in [0.4, 0.5) is 0 Å². The topological polar surface area (TPSA) is 110 Å². The van der Waals surface area contributed by atoms with Crippen molar-refractivity contribution >= 4 is 17.3 Å². The van der Waals surface area contributed by atoms with Crippen LogP contribution in [0.3, 0.4) is 0 Å². The van der Waals surface area contributed by atoms with Crippen LogP contribution in [0.25, 0.3) is 0 Å². The summed E-state index contributed by atoms with van der Waals surface area (Å²) in [5.41, 5.74) is -4.11. The molecular weight excluding hydrogens is 448 g/mol. The van der Waals surface area contributed by atoms with Gasteiger partial charge in [-0.2, -0.15) is 0 Å². The fourth-order valence-electron chi connectivity index (χ4n) is 8.26. The van der Waals surface area contributed by atoms with Crippen molar-refractivity contribution in [1.82, 2.24) is 0 Å². The molecule has 2 bridgehead atoms. The first kappa shape index (κ1) is 23.5. The fourth-order valence-corrected chi connectivity index (χ4v) is 8.26. The Morgan fingerprint density at radius 1 is 0.886 bits per heavy atom. The van der Waals surface area contributed by atoms with E-state index in [1.807, 2.05) is 27.7 Å². The second-order valence-electron chi connectivity index (χ2n) is 12.6. The van der Waals surface area contributed by atoms with Crippen molar-refractivity contribution in [3.63, 3.8) is 0 Å². The number of allylic oxidation sites excluding steroid dienone is 4. The van der Waals surface area contributed by atoms with Crippen molar-refractivity contribution in [2.75, 3.05) is 0 Å². The third-order valence-corrected chi connectivity index (χ3v) is 11.0. The highest BCUT2D eigenvalue weighted by molar-refractivity contribution is 6.15. The van der Waals surface area contributed by atoms with E-state index in [-0.39, 0.29) is 36.1 Å². The minimum atomic E-state index is -1.54. The molecule has 0 radical (unpaired) electrons. The fraction of sp³-hybridized carbons (Fsp3) is 0.679. The van der Waals surface area contributed by atoms with E-state index in [0.717, 1.165) is 0 Å². The van der Waals surface area contributed by atoms with E-state index in [2.05, 4.69) is 0 Å². The molecule has 2 heterocycles. The molecule has 4 aliphatic carbocycles. The zero-order valence-electron chi connectivity index (χ0n) is 21.2. The van der Waals surface area contributed by atoms with Crippen LogP contribution < -0.4 is 0 Å². The highest BCUT2D eigenvalue weighted by atomic mass is 16.7. The minimum Gasteiger partial charge on any atom is -0.388 e. The van der Waals surface area contributed by atoms with Gasteiger partial charge in [-0.15, -0.1) is 0 Å². The van der Waals surface area contributed by atoms with Gasteiger partial charge in [-0.1, -0.05) is 20.8 Å². The Hall–Kier alpha value is -1.93. The Bertz CT molecular complexity index is 1210. The largest absolute Gasteiger partial charge is 0.388 e. The standard InChI is InChI=1S/C28H34O7/c1-14-22(32)28(34-23(14,3)4)15(2)26(33)9-10-27(35-28)18-12-20(30)19-11-16(29)7-8-24(19,5)17(18)13-21(31)25(26,27)6/h11-15,22,32-33H,7-10H2,1-6H3. The van der Waals surface area contributed by atoms with E-state index in [1.165, 1.54) is 12.2 Å². The number of carbonyl (C=O) groups is 3. The Labute approximate surface area is 205 Å². The molecule has 0 aromatic heterocycles. The van der Waals surface area contributed by atoms with Gasteiger partial charge in [-0.3, -0.25) is 14.4 Å². The quantitative estimate of drug-likeness (QED) is 0.546. The molecule has 1 spiro atoms. The van der Waals surface area contributed by atoms with E-state index in [0.29, 0.717) is 29.6 Å². The first-order valence-electron chi connectivity index (χ1n) is 12.7. The average Bonchev–Trinajstić information content (AvgIpc) is 3.08. The molecule has 0 amide bonds. The van der Waals surface area contributed by atoms with E-state index < -0.39 is 45.4 Å². The number of fused-ring (bicyclic) bond motifs is 3. The molecule has 2 aliphatic heterocycles. The number of aliphatic hydroxyl groups is 2. The van der Waals surface area contributed by atoms with Crippen molar-refractivity contribution in [3.05, 3.63) is 34.9 Å². The number of hydrogen-bond acceptors (Lipinski definition) is 7. The Morgan fingerprint density at radius 3 is 2.20 bits per heavy atom. The summed E-state index contributed by atoms with van der Waals surface area (Å²) in [6.07, 6.45) is 4.73. The zero-order valence-corrected chi connectivity index (χ0v) is 21.2. The molecule has 35 heavy (non-hydrogen) atoms. The summed E-state index contributed by atoms with van der Waals surface area (Å²) in [4.78, 5) is 39.6. The van der Waals surface area contributed by atoms with Gasteiger partial charge in [0, 0.05) is 29.2 Å². The predicted octanol–water partition coefficient (Wildman–Crippen LogP) is 2.74. The number of aliphatic hydroxyl groups excluding tert-OH is 1. The van der Waals surface area contributed by atoms with Gasteiger partial charge in [-0.25, -0.2) is 0 Å². The SMILES string of the molecule is CC1C(O)C2(OC1(C)C)OC13CCC(O)(C2C)C1(C)C(=O)C=C1C3=CC(=O)C2=CC(=O)CCC21C. The summed E-state index contributed by atoms with van der Waals surface area (Å²) < 4.78 is 13.5. The zero-order chi connectivity index (χ0) is 25.6. The van der Waals surface area contributed by atoms with E-state index in [1.54, 1.807) is 19.9 Å². The molecule has 7 heteroatoms. The van der Waals surface area contributed by atoms with E-state index in [9.17, 15) is 24.6 Å². The number of carbonyl (C=O) groups excluding carboxylic acids is 3. The van der Waals surface area contributed by atoms with Gasteiger partial charge in [0.05, 0.1) is 16.6 Å². The third kappa shape index (κ3) is 2.27. The van der Waals surface area contributed by atoms with E-state index >= 15 is 0 Å². The van der Waals surface area contributed by atoms with Crippen LogP contribution in [-0.4, -0.2) is 56.3 Å². The number of ketones is 3. The van der Waals surface area contributed by atoms with Gasteiger partial charge >= 0.3 is 0 Å². The molecule has 6 aliphatic rings. The van der Waals surface area contributed by atoms with Crippen molar-refractivity contribution in [2.24, 2.45) is 22.7 Å². The number of ether oxygens (including phenoxy) is 2. The van der Waals surface area contributed by atoms with Crippen molar-refractivity contribution in [2.45, 2.75) is 95.9 Å². The van der Waals surface area contributed by atoms with Gasteiger partial charge in [0.2, 0.25) is 5.79 Å². The van der Waals surface area contributed by atoms with Crippen LogP contribution in [0.15, 0.2) is 34.9 Å². The first-order valence-corrected chi connectivity index (χ1v) is 12.7. The lowest BCUT2D eigenvalue weighted by molar-refractivity contribution is -0.392. The summed E-state index contributed by atoms with van der Waals surface area (Å²) in [5, 5.41) is 23.8. The second kappa shape index (κ2) is 6.31. The Morgan fingerprint density at radius 2 is 1.57 bits per heavy atom. The lowest BCUT2D eigenvalue weighted by atomic mass is 9.49. The summed E-state index contributed by atoms with van der Waals surface area (Å²) in [6.45, 7) is 11.1. The Balaban J connectivity index is 1.63. The summed E-state index contributed by atoms with van der Waals surface area (Å²) in [5.74, 6) is -3.15. The smallest absolute Gasteiger partial charge is 0.201 e. The van der Waals surface area contributed by atoms with Crippen LogP contribution in [0, 0.1) is 22.7 Å². The average molecular weight is 483 g/mol. The molecule has 2 saturated heterocycles. The molecular formula is C28H34O7. The van der Waals surface area contributed by atoms with Crippen molar-refractivity contribution in [1.29, 1.82) is 0 Å². The van der Waals surface area contributed by atoms with Crippen LogP contribution in [0.1, 0.15) is 67.2 Å². The molecule has 2 N–H and O–H groups in total. The molecule has 7 nitrogen and oxygen atoms in total. The summed E-state index contributed by atoms with van der Waals surface area (Å²) >= 11 is 0. The van der Waals surface area contributed by atoms with Gasteiger partial charge in [-0.05, 0) is 69.4 Å². The molecule has 0 aromatic carbocycles. The summed E-state index contributed by atoms with van der Waals surface area (Å²) in [6, 6.07) is 0. The van der Waals surface area contributed by atoms with Crippen molar-refractivity contribution in [3.8, 4) is 0 Å². The van der Waals surface area contributed by atoms with Gasteiger partial charge in [0.25, 0.3) is 0 Å². The van der Waals surface area contributed by atoms with Crippen LogP contribution >= 0.6 is 0 Å². The number of hydrogen-bond donors (Lipinski definition) is 2. The maximum atomic E-state index is 14.0. The molecule has 8 atom stereocenters. The van der Waals surface area contributed by atoms with Gasteiger partial charge < -0.3 is 19.7 Å². The lowest BCUT2D eigenvalue weighted by Gasteiger charge is -2.64. The third-order valence-electron chi connectivity index (χ3n) is 11.0. The maximum absolute atomic E-state index is 14.0. The van der Waals surface area contributed by atoms with Gasteiger partial charge in [0.15, 0.2) is 17.3 Å². The number of rotatable bonds is 0. The highest BCUT2D eigenvalue weighted by Gasteiger charge is 2.83. The monoisotopic (exact) mass is 482 g/mol.